The van der Waals surface area contributed by atoms with Crippen molar-refractivity contribution in [2.24, 2.45) is 0 Å². The molecule has 10 heteroatoms. The molecule has 1 aromatic heterocycles. The van der Waals surface area contributed by atoms with E-state index in [9.17, 15) is 17.6 Å². The van der Waals surface area contributed by atoms with E-state index in [0.717, 1.165) is 11.8 Å². The molecule has 1 N–H and O–H groups in total. The number of hydrogen-bond acceptors (Lipinski definition) is 5. The molecule has 0 aliphatic carbocycles. The van der Waals surface area contributed by atoms with Gasteiger partial charge in [-0.1, -0.05) is 53.7 Å². The Kier molecular flexibility index (Phi) is 7.60. The Morgan fingerprint density at radius 3 is 2.21 bits per heavy atom. The Bertz CT molecular complexity index is 1450. The number of nitrogens with zero attached hydrogens (tertiary/aromatic N) is 2. The van der Waals surface area contributed by atoms with E-state index in [1.54, 1.807) is 35.4 Å². The summed E-state index contributed by atoms with van der Waals surface area (Å²) in [5.74, 6) is -0.179. The van der Waals surface area contributed by atoms with Crippen molar-refractivity contribution in [1.29, 1.82) is 0 Å². The van der Waals surface area contributed by atoms with Gasteiger partial charge >= 0.3 is 0 Å². The van der Waals surface area contributed by atoms with Crippen LogP contribution in [0, 0.1) is 5.82 Å². The van der Waals surface area contributed by atoms with Gasteiger partial charge in [-0.2, -0.15) is 0 Å². The topological polar surface area (TPSA) is 88.6 Å². The van der Waals surface area contributed by atoms with Crippen molar-refractivity contribution >= 4 is 40.8 Å². The molecule has 7 nitrogen and oxygen atoms in total. The van der Waals surface area contributed by atoms with E-state index >= 15 is 0 Å². The number of sulfonamides is 1. The molecule has 0 unspecified atom stereocenters. The van der Waals surface area contributed by atoms with Crippen LogP contribution in [0.5, 0.6) is 5.75 Å². The molecule has 2 aromatic carbocycles. The zero-order chi connectivity index (χ0) is 28.0. The number of rotatable bonds is 9. The van der Waals surface area contributed by atoms with Crippen LogP contribution in [-0.2, 0) is 23.1 Å². The average molecular weight is 558 g/mol. The largest absolute Gasteiger partial charge is 0.541 e. The smallest absolute Gasteiger partial charge is 0.258 e. The van der Waals surface area contributed by atoms with Crippen molar-refractivity contribution in [1.82, 2.24) is 9.88 Å². The fraction of sp³-hybridized carbons (Fsp3) is 0.429. The number of pyridine rings is 1. The number of hydrogen-bond donors (Lipinski definition) is 1. The lowest BCUT2D eigenvalue weighted by Gasteiger charge is -2.42. The van der Waals surface area contributed by atoms with Crippen molar-refractivity contribution in [2.75, 3.05) is 11.0 Å². The van der Waals surface area contributed by atoms with Crippen LogP contribution in [0.15, 0.2) is 42.6 Å². The summed E-state index contributed by atoms with van der Waals surface area (Å²) in [6.45, 7) is 13.5. The third-order valence-corrected chi connectivity index (χ3v) is 14.1. The summed E-state index contributed by atoms with van der Waals surface area (Å²) < 4.78 is 48.1. The first-order valence-electron chi connectivity index (χ1n) is 12.9. The summed E-state index contributed by atoms with van der Waals surface area (Å²) in [6.07, 6.45) is 2.72. The van der Waals surface area contributed by atoms with E-state index in [4.69, 9.17) is 4.43 Å². The highest BCUT2D eigenvalue weighted by Gasteiger charge is 2.49. The number of benzene rings is 2. The van der Waals surface area contributed by atoms with Crippen molar-refractivity contribution < 1.29 is 22.0 Å². The van der Waals surface area contributed by atoms with Crippen LogP contribution in [0.25, 0.3) is 10.9 Å². The van der Waals surface area contributed by atoms with Gasteiger partial charge < -0.3 is 9.33 Å². The number of fused-ring (bicyclic) bond motifs is 2. The van der Waals surface area contributed by atoms with Crippen LogP contribution in [0.1, 0.15) is 63.0 Å². The van der Waals surface area contributed by atoms with Gasteiger partial charge in [0.2, 0.25) is 10.0 Å². The SMILES string of the molecule is CC(C)[Si](Oc1c2c(c(NS(C)(=O)=O)c3cccnc13)CN(Cc1ccc(F)cc1)C2=O)(C(C)C)C(C)C. The molecule has 4 rings (SSSR count). The van der Waals surface area contributed by atoms with Crippen molar-refractivity contribution in [3.8, 4) is 5.75 Å². The van der Waals surface area contributed by atoms with E-state index in [1.807, 2.05) is 0 Å². The molecular formula is C28H36FN3O4SSi. The number of anilines is 1. The fourth-order valence-electron chi connectivity index (χ4n) is 6.01. The van der Waals surface area contributed by atoms with Gasteiger partial charge in [0.25, 0.3) is 14.2 Å². The van der Waals surface area contributed by atoms with E-state index in [-0.39, 0.29) is 41.4 Å². The first-order chi connectivity index (χ1) is 17.8. The van der Waals surface area contributed by atoms with Gasteiger partial charge in [-0.25, -0.2) is 12.8 Å². The molecule has 0 radical (unpaired) electrons. The minimum absolute atomic E-state index is 0.185. The molecule has 1 aliphatic heterocycles. The van der Waals surface area contributed by atoms with Crippen LogP contribution in [0.2, 0.25) is 16.6 Å². The van der Waals surface area contributed by atoms with E-state index in [1.165, 1.54) is 12.1 Å². The summed E-state index contributed by atoms with van der Waals surface area (Å²) in [4.78, 5) is 20.3. The zero-order valence-corrected chi connectivity index (χ0v) is 24.8. The van der Waals surface area contributed by atoms with Crippen LogP contribution < -0.4 is 9.15 Å². The number of halogens is 1. The fourth-order valence-corrected chi connectivity index (χ4v) is 11.9. The highest BCUT2D eigenvalue weighted by molar-refractivity contribution is 7.92. The van der Waals surface area contributed by atoms with Gasteiger partial charge in [-0.3, -0.25) is 14.5 Å². The Labute approximate surface area is 225 Å². The lowest BCUT2D eigenvalue weighted by Crippen LogP contribution is -2.51. The Hall–Kier alpha value is -2.98. The molecule has 204 valence electrons. The zero-order valence-electron chi connectivity index (χ0n) is 23.0. The van der Waals surface area contributed by atoms with E-state index in [0.29, 0.717) is 33.5 Å². The Balaban J connectivity index is 1.98. The second kappa shape index (κ2) is 10.3. The summed E-state index contributed by atoms with van der Waals surface area (Å²) >= 11 is 0. The van der Waals surface area contributed by atoms with Crippen LogP contribution in [-0.4, -0.2) is 38.8 Å². The third-order valence-electron chi connectivity index (χ3n) is 7.53. The molecule has 0 saturated heterocycles. The molecule has 38 heavy (non-hydrogen) atoms. The molecule has 2 heterocycles. The molecule has 3 aromatic rings. The molecule has 1 aliphatic rings. The summed E-state index contributed by atoms with van der Waals surface area (Å²) in [7, 11) is -6.17. The van der Waals surface area contributed by atoms with Gasteiger partial charge in [-0.05, 0) is 46.5 Å². The van der Waals surface area contributed by atoms with Crippen molar-refractivity contribution in [3.63, 3.8) is 0 Å². The second-order valence-corrected chi connectivity index (χ2v) is 18.2. The van der Waals surface area contributed by atoms with E-state index < -0.39 is 18.3 Å². The maximum Gasteiger partial charge on any atom is 0.258 e. The highest BCUT2D eigenvalue weighted by atomic mass is 32.2. The van der Waals surface area contributed by atoms with Gasteiger partial charge in [0.05, 0.1) is 17.5 Å². The highest BCUT2D eigenvalue weighted by Crippen LogP contribution is 2.49. The first-order valence-corrected chi connectivity index (χ1v) is 16.9. The van der Waals surface area contributed by atoms with Crippen LogP contribution in [0.3, 0.4) is 0 Å². The van der Waals surface area contributed by atoms with Gasteiger partial charge in [0.15, 0.2) is 0 Å². The van der Waals surface area contributed by atoms with Crippen LogP contribution in [0.4, 0.5) is 10.1 Å². The summed E-state index contributed by atoms with van der Waals surface area (Å²) in [6, 6.07) is 9.56. The lowest BCUT2D eigenvalue weighted by molar-refractivity contribution is 0.0765. The Morgan fingerprint density at radius 1 is 1.05 bits per heavy atom. The van der Waals surface area contributed by atoms with E-state index in [2.05, 4.69) is 51.2 Å². The summed E-state index contributed by atoms with van der Waals surface area (Å²) in [5.41, 5.74) is 3.24. The first kappa shape index (κ1) is 28.0. The van der Waals surface area contributed by atoms with Crippen LogP contribution >= 0.6 is 0 Å². The molecule has 0 spiro atoms. The molecule has 0 atom stereocenters. The maximum atomic E-state index is 14.0. The van der Waals surface area contributed by atoms with Crippen molar-refractivity contribution in [2.45, 2.75) is 71.3 Å². The minimum Gasteiger partial charge on any atom is -0.541 e. The molecule has 0 bridgehead atoms. The van der Waals surface area contributed by atoms with Gasteiger partial charge in [-0.15, -0.1) is 0 Å². The predicted molar refractivity (Wildman–Crippen MR) is 152 cm³/mol. The average Bonchev–Trinajstić information content (AvgIpc) is 3.14. The maximum absolute atomic E-state index is 14.0. The molecular weight excluding hydrogens is 521 g/mol. The number of carbonyl (C=O) groups excluding carboxylic acids is 1. The lowest BCUT2D eigenvalue weighted by atomic mass is 10.0. The second-order valence-electron chi connectivity index (χ2n) is 11.0. The quantitative estimate of drug-likeness (QED) is 0.305. The predicted octanol–water partition coefficient (Wildman–Crippen LogP) is 6.46. The summed E-state index contributed by atoms with van der Waals surface area (Å²) in [5, 5.41) is 0.585. The number of nitrogens with one attached hydrogen (secondary N) is 1. The Morgan fingerprint density at radius 2 is 1.66 bits per heavy atom. The number of amides is 1. The number of aromatic nitrogens is 1. The third kappa shape index (κ3) is 5.03. The molecule has 0 saturated carbocycles. The van der Waals surface area contributed by atoms with Crippen molar-refractivity contribution in [3.05, 3.63) is 65.1 Å². The standard InChI is InChI=1S/C28H36FN3O4SSi/c1-17(2)38(18(3)4,19(5)6)36-27-24-23(16-32(28(24)33)15-20-10-12-21(29)13-11-20)25(31-37(7,34)35)22-9-8-14-30-26(22)27/h8-14,17-19,31H,15-16H2,1-7H3. The monoisotopic (exact) mass is 557 g/mol. The van der Waals surface area contributed by atoms with Gasteiger partial charge in [0, 0.05) is 30.2 Å². The molecule has 1 amide bonds. The normalized spacial score (nSPS) is 14.2. The molecule has 0 fully saturated rings. The van der Waals surface area contributed by atoms with Gasteiger partial charge in [0.1, 0.15) is 17.1 Å². The number of carbonyl (C=O) groups is 1. The minimum atomic E-state index is -3.66.